The van der Waals surface area contributed by atoms with Gasteiger partial charge in [-0.25, -0.2) is 8.42 Å². The van der Waals surface area contributed by atoms with Crippen LogP contribution in [0.15, 0.2) is 0 Å². The lowest BCUT2D eigenvalue weighted by Crippen LogP contribution is -2.48. The fourth-order valence-corrected chi connectivity index (χ4v) is 17.8. The van der Waals surface area contributed by atoms with E-state index >= 15 is 0 Å². The lowest BCUT2D eigenvalue weighted by Gasteiger charge is -2.55. The molecule has 0 atom stereocenters. The minimum absolute atomic E-state index is 0. The predicted molar refractivity (Wildman–Crippen MR) is 410 cm³/mol. The van der Waals surface area contributed by atoms with Crippen LogP contribution < -0.4 is 5.73 Å². The Hall–Kier alpha value is -0.630. The number of nitrogens with two attached hydrogens (primary N) is 1. The van der Waals surface area contributed by atoms with E-state index in [2.05, 4.69) is 261 Å². The number of thioether (sulfide) groups is 1. The molecule has 0 saturated carbocycles. The summed E-state index contributed by atoms with van der Waals surface area (Å²) in [4.78, 5) is 9.51. The Balaban J connectivity index is -0.000000143. The second kappa shape index (κ2) is 34.9. The average Bonchev–Trinajstić information content (AvgIpc) is 3.08. The fraction of sp³-hybridized carbons (Fsp3) is 0.974. The molecule has 0 aliphatic rings. The number of nitro groups is 1. The van der Waals surface area contributed by atoms with E-state index in [9.17, 15) is 22.7 Å². The summed E-state index contributed by atoms with van der Waals surface area (Å²) in [6.07, 6.45) is 0. The zero-order valence-electron chi connectivity index (χ0n) is 70.6. The van der Waals surface area contributed by atoms with Crippen molar-refractivity contribution in [3.8, 4) is 11.8 Å². The molecule has 0 aliphatic heterocycles. The molecule has 0 saturated heterocycles. The molecule has 0 heterocycles. The molecule has 0 fully saturated rings. The molecule has 88 heavy (non-hydrogen) atoms. The minimum atomic E-state index is -3.01. The van der Waals surface area contributed by atoms with Gasteiger partial charge in [-0.05, 0) is 212 Å². The third-order valence-electron chi connectivity index (χ3n) is 12.8. The third kappa shape index (κ3) is 55.8. The monoisotopic (exact) mass is 1310 g/mol. The van der Waals surface area contributed by atoms with Gasteiger partial charge in [-0.15, -0.1) is 0 Å². The van der Waals surface area contributed by atoms with E-state index in [-0.39, 0.29) is 30.8 Å². The fourth-order valence-electron chi connectivity index (χ4n) is 12.3. The van der Waals surface area contributed by atoms with E-state index in [0.717, 1.165) is 0 Å². The SMILES string of the molecule is CC(C)(C)C#CC(C)(C)C.CC(C)(C)C(C(C(C)(C)C)C(C)(C)C)C(C)(C)C.CC(C)(C)C(C(C(C)(C)C)C(C)(C)C)C(C)(C)C.CC(C)(C)N.CC(C)(C)S(=O)(=O)C(C)(C)C.CC(C)(C)S(=O)C(C)(C)C.CC(C)(C)SC(C)(C)C.CC(C)(C)[N+](=O)[O-]. The minimum Gasteiger partial charge on any atom is -0.326 e. The van der Waals surface area contributed by atoms with Crippen molar-refractivity contribution in [2.45, 2.75) is 413 Å². The van der Waals surface area contributed by atoms with Crippen LogP contribution in [-0.4, -0.2) is 57.1 Å². The van der Waals surface area contributed by atoms with Crippen LogP contribution in [0.25, 0.3) is 0 Å². The van der Waals surface area contributed by atoms with E-state index in [1.54, 1.807) is 62.3 Å². The number of rotatable bonds is 2. The van der Waals surface area contributed by atoms with Crippen LogP contribution in [0.3, 0.4) is 0 Å². The van der Waals surface area contributed by atoms with Crippen LogP contribution in [-0.2, 0) is 20.6 Å². The summed E-state index contributed by atoms with van der Waals surface area (Å²) >= 11 is 2.01. The maximum Gasteiger partial charge on any atom is 0.214 e. The van der Waals surface area contributed by atoms with Gasteiger partial charge in [-0.1, -0.05) is 220 Å². The largest absolute Gasteiger partial charge is 0.326 e. The first-order chi connectivity index (χ1) is 36.5. The Kier molecular flexibility index (Phi) is 41.0. The quantitative estimate of drug-likeness (QED) is 0.166. The van der Waals surface area contributed by atoms with Crippen molar-refractivity contribution in [2.75, 3.05) is 0 Å². The van der Waals surface area contributed by atoms with Gasteiger partial charge in [-0.3, -0.25) is 14.3 Å². The molecule has 10 heteroatoms. The molecule has 0 spiro atoms. The molecule has 2 N–H and O–H groups in total. The molecular weight excluding hydrogens is 1140 g/mol. The number of nitrogens with zero attached hydrogens (tertiary/aromatic N) is 1. The van der Waals surface area contributed by atoms with Crippen LogP contribution in [0.2, 0.25) is 0 Å². The van der Waals surface area contributed by atoms with E-state index in [0.29, 0.717) is 76.5 Å². The summed E-state index contributed by atoms with van der Waals surface area (Å²) in [6.45, 7) is 117. The summed E-state index contributed by atoms with van der Waals surface area (Å²) in [6, 6.07) is 0. The Morgan fingerprint density at radius 1 is 0.341 bits per heavy atom. The molecule has 538 valence electrons. The molecule has 0 aromatic carbocycles. The summed E-state index contributed by atoms with van der Waals surface area (Å²) in [5, 5.41) is 9.83. The maximum absolute atomic E-state index is 11.7. The van der Waals surface area contributed by atoms with Crippen LogP contribution in [0.1, 0.15) is 374 Å². The van der Waals surface area contributed by atoms with Crippen molar-refractivity contribution < 1.29 is 17.6 Å². The van der Waals surface area contributed by atoms with Gasteiger partial charge in [0.05, 0.1) is 9.49 Å². The zero-order chi connectivity index (χ0) is 75.1. The highest BCUT2D eigenvalue weighted by Crippen LogP contribution is 2.57. The number of hydrogen-bond donors (Lipinski definition) is 1. The number of sulfone groups is 1. The molecule has 0 unspecified atom stereocenters. The van der Waals surface area contributed by atoms with Crippen LogP contribution in [0, 0.1) is 99.8 Å². The normalized spacial score (nSPS) is 14.3. The maximum atomic E-state index is 11.7. The highest BCUT2D eigenvalue weighted by molar-refractivity contribution is 8.01. The standard InChI is InChI=1S/2C18H38.C10H18.C8H18O2S.C8H18OS.C8H18S.C4H9NO2.C4H11N/c2*1-15(2,3)13(16(4,5)6)14(17(7,8)9)18(10,11)12;1-9(2,3)7-8-10(4,5)6;1-7(2,3)11(9,10)8(4,5)6;1-7(2,3)10(9)8(4,5)6;1-7(2,3)9-8(4,5)6;1-4(2,3)5(6)7;1-4(2,3)5/h2*13-14H,1-12H3;1-6H3;1-6H3;1-6H3;1-6H3;1-3H3;5H2,1-3H3. The van der Waals surface area contributed by atoms with Crippen LogP contribution in [0.5, 0.6) is 0 Å². The van der Waals surface area contributed by atoms with Gasteiger partial charge in [0.1, 0.15) is 0 Å². The summed E-state index contributed by atoms with van der Waals surface area (Å²) in [7, 11) is -3.77. The van der Waals surface area contributed by atoms with Crippen molar-refractivity contribution in [1.29, 1.82) is 0 Å². The van der Waals surface area contributed by atoms with Crippen molar-refractivity contribution in [2.24, 2.45) is 83.6 Å². The van der Waals surface area contributed by atoms with Crippen LogP contribution in [0.4, 0.5) is 0 Å². The molecule has 0 rings (SSSR count). The molecule has 7 nitrogen and oxygen atoms in total. The first-order valence-corrected chi connectivity index (χ1v) is 36.8. The van der Waals surface area contributed by atoms with E-state index in [4.69, 9.17) is 5.73 Å². The molecule has 0 aromatic rings. The molecule has 0 aliphatic carbocycles. The third-order valence-corrected chi connectivity index (χ3v) is 19.5. The topological polar surface area (TPSA) is 120 Å². The van der Waals surface area contributed by atoms with Crippen molar-refractivity contribution in [1.82, 2.24) is 0 Å². The Bertz CT molecular complexity index is 1880. The van der Waals surface area contributed by atoms with Gasteiger partial charge in [0, 0.05) is 71.9 Å². The molecular formula is C78H168N2O5S3. The second-order valence-corrected chi connectivity index (χ2v) is 53.0. The molecule has 0 aromatic heterocycles. The first-order valence-electron chi connectivity index (χ1n) is 33.3. The van der Waals surface area contributed by atoms with Gasteiger partial charge in [-0.2, -0.15) is 11.8 Å². The average molecular weight is 1310 g/mol. The molecule has 0 bridgehead atoms. The van der Waals surface area contributed by atoms with Crippen molar-refractivity contribution >= 4 is 32.4 Å². The first kappa shape index (κ1) is 103. The summed E-state index contributed by atoms with van der Waals surface area (Å²) < 4.78 is 34.3. The van der Waals surface area contributed by atoms with E-state index < -0.39 is 35.7 Å². The Morgan fingerprint density at radius 3 is 0.489 bits per heavy atom. The number of hydrogen-bond acceptors (Lipinski definition) is 7. The van der Waals surface area contributed by atoms with E-state index in [1.807, 2.05) is 74.1 Å². The van der Waals surface area contributed by atoms with Gasteiger partial charge in [0.25, 0.3) is 0 Å². The molecule has 0 radical (unpaired) electrons. The van der Waals surface area contributed by atoms with Gasteiger partial charge < -0.3 is 5.73 Å². The van der Waals surface area contributed by atoms with Crippen LogP contribution >= 0.6 is 11.8 Å². The highest BCUT2D eigenvalue weighted by Gasteiger charge is 2.51. The Labute approximate surface area is 565 Å². The molecule has 0 amide bonds. The highest BCUT2D eigenvalue weighted by atomic mass is 32.2. The lowest BCUT2D eigenvalue weighted by atomic mass is 9.50. The second-order valence-electron chi connectivity index (χ2n) is 43.9. The van der Waals surface area contributed by atoms with Crippen molar-refractivity contribution in [3.63, 3.8) is 0 Å². The summed E-state index contributed by atoms with van der Waals surface area (Å²) in [5.74, 6) is 9.22. The van der Waals surface area contributed by atoms with Crippen molar-refractivity contribution in [3.05, 3.63) is 10.1 Å². The smallest absolute Gasteiger partial charge is 0.214 e. The van der Waals surface area contributed by atoms with Gasteiger partial charge in [0.2, 0.25) is 5.54 Å². The van der Waals surface area contributed by atoms with Gasteiger partial charge in [0.15, 0.2) is 9.84 Å². The van der Waals surface area contributed by atoms with E-state index in [1.165, 1.54) is 0 Å². The predicted octanol–water partition coefficient (Wildman–Crippen LogP) is 25.3. The van der Waals surface area contributed by atoms with Gasteiger partial charge >= 0.3 is 0 Å². The zero-order valence-corrected chi connectivity index (χ0v) is 73.0. The Morgan fingerprint density at radius 2 is 0.466 bits per heavy atom. The summed E-state index contributed by atoms with van der Waals surface area (Å²) in [5.41, 5.74) is 7.56. The lowest BCUT2D eigenvalue weighted by molar-refractivity contribution is -0.555.